The van der Waals surface area contributed by atoms with Crippen molar-refractivity contribution >= 4 is 42.1 Å². The second-order valence-corrected chi connectivity index (χ2v) is 7.43. The van der Waals surface area contributed by atoms with Gasteiger partial charge < -0.3 is 15.7 Å². The summed E-state index contributed by atoms with van der Waals surface area (Å²) in [6.45, 7) is 4.57. The average Bonchev–Trinajstić information content (AvgIpc) is 3.18. The predicted molar refractivity (Wildman–Crippen MR) is 102 cm³/mol. The van der Waals surface area contributed by atoms with Crippen LogP contribution < -0.4 is 10.6 Å². The van der Waals surface area contributed by atoms with Gasteiger partial charge in [-0.15, -0.1) is 36.2 Å². The molecular weight excluding hydrogens is 369 g/mol. The van der Waals surface area contributed by atoms with Gasteiger partial charge in [-0.1, -0.05) is 6.07 Å². The lowest BCUT2D eigenvalue weighted by molar-refractivity contribution is -0.123. The van der Waals surface area contributed by atoms with Crippen molar-refractivity contribution in [1.29, 1.82) is 0 Å². The molecule has 1 aromatic rings. The second kappa shape index (κ2) is 10.6. The van der Waals surface area contributed by atoms with E-state index < -0.39 is 0 Å². The summed E-state index contributed by atoms with van der Waals surface area (Å²) in [6.07, 6.45) is 2.44. The summed E-state index contributed by atoms with van der Waals surface area (Å²) in [6, 6.07) is 4.09. The Kier molecular flexibility index (Phi) is 9.56. The summed E-state index contributed by atoms with van der Waals surface area (Å²) in [4.78, 5) is 15.9. The highest BCUT2D eigenvalue weighted by Gasteiger charge is 2.28. The number of halogens is 2. The Morgan fingerprint density at radius 2 is 2.12 bits per heavy atom. The molecule has 3 rings (SSSR count). The molecule has 24 heavy (non-hydrogen) atoms. The van der Waals surface area contributed by atoms with Gasteiger partial charge in [0.1, 0.15) is 0 Å². The van der Waals surface area contributed by atoms with Crippen LogP contribution in [0, 0.1) is 5.92 Å². The molecule has 0 saturated carbocycles. The van der Waals surface area contributed by atoms with Crippen molar-refractivity contribution in [3.63, 3.8) is 0 Å². The van der Waals surface area contributed by atoms with E-state index in [-0.39, 0.29) is 42.9 Å². The van der Waals surface area contributed by atoms with Crippen molar-refractivity contribution in [3.8, 4) is 0 Å². The zero-order valence-corrected chi connectivity index (χ0v) is 16.1. The third kappa shape index (κ3) is 6.17. The number of hydrogen-bond acceptors (Lipinski definition) is 5. The van der Waals surface area contributed by atoms with E-state index in [2.05, 4.69) is 33.0 Å². The van der Waals surface area contributed by atoms with E-state index >= 15 is 0 Å². The number of likely N-dealkylation sites (tertiary alicyclic amines) is 1. The molecule has 2 atom stereocenters. The highest BCUT2D eigenvalue weighted by atomic mass is 35.5. The van der Waals surface area contributed by atoms with E-state index in [1.54, 1.807) is 0 Å². The van der Waals surface area contributed by atoms with Gasteiger partial charge in [-0.25, -0.2) is 0 Å². The first-order valence-electron chi connectivity index (χ1n) is 8.14. The van der Waals surface area contributed by atoms with Gasteiger partial charge in [0.05, 0.1) is 12.1 Å². The topological polar surface area (TPSA) is 64.6 Å². The third-order valence-corrected chi connectivity index (χ3v) is 5.52. The number of nitrogens with one attached hydrogen (secondary N) is 2. The van der Waals surface area contributed by atoms with E-state index in [1.165, 1.54) is 4.88 Å². The van der Waals surface area contributed by atoms with Gasteiger partial charge in [-0.3, -0.25) is 9.69 Å². The van der Waals surface area contributed by atoms with Gasteiger partial charge in [0.2, 0.25) is 5.91 Å². The van der Waals surface area contributed by atoms with E-state index in [0.717, 1.165) is 39.0 Å². The molecule has 0 aliphatic carbocycles. The summed E-state index contributed by atoms with van der Waals surface area (Å²) >= 11 is 1.82. The Morgan fingerprint density at radius 1 is 1.38 bits per heavy atom. The minimum Gasteiger partial charge on any atom is -0.392 e. The standard InChI is InChI=1S/C16H25N3O2S.2ClH/c20-13-8-15(17-10-13)16(21)18-9-12-3-5-19(6-4-12)11-14-2-1-7-22-14;;/h1-2,7,12-13,15,17,20H,3-6,8-11H2,(H,18,21);2*1H. The van der Waals surface area contributed by atoms with Gasteiger partial charge in [0.15, 0.2) is 0 Å². The van der Waals surface area contributed by atoms with Crippen molar-refractivity contribution < 1.29 is 9.90 Å². The third-order valence-electron chi connectivity index (χ3n) is 4.66. The zero-order valence-electron chi connectivity index (χ0n) is 13.6. The van der Waals surface area contributed by atoms with Crippen LogP contribution in [0.15, 0.2) is 17.5 Å². The Bertz CT molecular complexity index is 482. The van der Waals surface area contributed by atoms with Gasteiger partial charge >= 0.3 is 0 Å². The van der Waals surface area contributed by atoms with Crippen molar-refractivity contribution in [2.24, 2.45) is 5.92 Å². The first-order chi connectivity index (χ1) is 10.7. The Morgan fingerprint density at radius 3 is 2.71 bits per heavy atom. The summed E-state index contributed by atoms with van der Waals surface area (Å²) in [5.41, 5.74) is 0. The second-order valence-electron chi connectivity index (χ2n) is 6.39. The van der Waals surface area contributed by atoms with Crippen molar-refractivity contribution in [2.75, 3.05) is 26.2 Å². The molecule has 3 heterocycles. The SMILES string of the molecule is Cl.Cl.O=C(NCC1CCN(Cc2cccs2)CC1)C1CC(O)CN1. The lowest BCUT2D eigenvalue weighted by Gasteiger charge is -2.31. The van der Waals surface area contributed by atoms with E-state index in [9.17, 15) is 9.90 Å². The number of carbonyl (C=O) groups is 1. The van der Waals surface area contributed by atoms with E-state index in [0.29, 0.717) is 18.9 Å². The van der Waals surface area contributed by atoms with E-state index in [4.69, 9.17) is 0 Å². The highest BCUT2D eigenvalue weighted by Crippen LogP contribution is 2.20. The fourth-order valence-corrected chi connectivity index (χ4v) is 4.00. The van der Waals surface area contributed by atoms with Gasteiger partial charge in [-0.05, 0) is 49.7 Å². The smallest absolute Gasteiger partial charge is 0.237 e. The Balaban J connectivity index is 0.00000144. The molecule has 3 N–H and O–H groups in total. The maximum absolute atomic E-state index is 12.0. The number of carbonyl (C=O) groups excluding carboxylic acids is 1. The number of aliphatic hydroxyl groups excluding tert-OH is 1. The van der Waals surface area contributed by atoms with Crippen LogP contribution in [0.25, 0.3) is 0 Å². The van der Waals surface area contributed by atoms with Crippen LogP contribution in [-0.2, 0) is 11.3 Å². The average molecular weight is 396 g/mol. The molecule has 0 aromatic carbocycles. The summed E-state index contributed by atoms with van der Waals surface area (Å²) in [5.74, 6) is 0.618. The quantitative estimate of drug-likeness (QED) is 0.708. The summed E-state index contributed by atoms with van der Waals surface area (Å²) < 4.78 is 0. The molecular formula is C16H27Cl2N3O2S. The number of amides is 1. The minimum absolute atomic E-state index is 0. The normalized spacial score (nSPS) is 24.9. The number of rotatable bonds is 5. The molecule has 8 heteroatoms. The number of nitrogens with zero attached hydrogens (tertiary/aromatic N) is 1. The highest BCUT2D eigenvalue weighted by molar-refractivity contribution is 7.09. The maximum Gasteiger partial charge on any atom is 0.237 e. The molecule has 2 aliphatic heterocycles. The molecule has 0 radical (unpaired) electrons. The number of aliphatic hydroxyl groups is 1. The van der Waals surface area contributed by atoms with Crippen LogP contribution in [0.4, 0.5) is 0 Å². The van der Waals surface area contributed by atoms with Crippen LogP contribution in [0.2, 0.25) is 0 Å². The largest absolute Gasteiger partial charge is 0.392 e. The lowest BCUT2D eigenvalue weighted by Crippen LogP contribution is -2.44. The van der Waals surface area contributed by atoms with Gasteiger partial charge in [0.25, 0.3) is 0 Å². The van der Waals surface area contributed by atoms with Crippen LogP contribution in [0.3, 0.4) is 0 Å². The molecule has 1 aromatic heterocycles. The molecule has 2 fully saturated rings. The maximum atomic E-state index is 12.0. The Hall–Kier alpha value is -0.370. The molecule has 2 saturated heterocycles. The molecule has 0 spiro atoms. The summed E-state index contributed by atoms with van der Waals surface area (Å²) in [7, 11) is 0. The number of piperidine rings is 1. The van der Waals surface area contributed by atoms with Gasteiger partial charge in [0, 0.05) is 24.5 Å². The molecule has 2 aliphatic rings. The first-order valence-corrected chi connectivity index (χ1v) is 9.02. The fourth-order valence-electron chi connectivity index (χ4n) is 3.26. The van der Waals surface area contributed by atoms with Crippen molar-refractivity contribution in [1.82, 2.24) is 15.5 Å². The predicted octanol–water partition coefficient (Wildman–Crippen LogP) is 1.64. The molecule has 5 nitrogen and oxygen atoms in total. The minimum atomic E-state index is -0.378. The zero-order chi connectivity index (χ0) is 15.4. The summed E-state index contributed by atoms with van der Waals surface area (Å²) in [5, 5.41) is 17.7. The molecule has 138 valence electrons. The number of β-amino-alcohol motifs (C(OH)–C–C–N with tert-alkyl or cyclic N) is 1. The van der Waals surface area contributed by atoms with Crippen molar-refractivity contribution in [2.45, 2.75) is 38.0 Å². The molecule has 2 unspecified atom stereocenters. The number of hydrogen-bond donors (Lipinski definition) is 3. The van der Waals surface area contributed by atoms with E-state index in [1.807, 2.05) is 11.3 Å². The van der Waals surface area contributed by atoms with Gasteiger partial charge in [-0.2, -0.15) is 0 Å². The fraction of sp³-hybridized carbons (Fsp3) is 0.688. The van der Waals surface area contributed by atoms with Crippen LogP contribution >= 0.6 is 36.2 Å². The monoisotopic (exact) mass is 395 g/mol. The van der Waals surface area contributed by atoms with Crippen molar-refractivity contribution in [3.05, 3.63) is 22.4 Å². The molecule has 1 amide bonds. The van der Waals surface area contributed by atoms with Crippen LogP contribution in [0.5, 0.6) is 0 Å². The lowest BCUT2D eigenvalue weighted by atomic mass is 9.96. The Labute approximate surface area is 160 Å². The van der Waals surface area contributed by atoms with Crippen LogP contribution in [0.1, 0.15) is 24.1 Å². The first kappa shape index (κ1) is 21.7. The molecule has 0 bridgehead atoms. The van der Waals surface area contributed by atoms with Crippen LogP contribution in [-0.4, -0.2) is 54.2 Å². The number of thiophene rings is 1.